The number of hydrogen-bond donors (Lipinski definition) is 0. The summed E-state index contributed by atoms with van der Waals surface area (Å²) in [5.74, 6) is 6.32. The van der Waals surface area contributed by atoms with E-state index in [1.54, 1.807) is 0 Å². The molecule has 0 aliphatic carbocycles. The summed E-state index contributed by atoms with van der Waals surface area (Å²) in [5.41, 5.74) is 0. The van der Waals surface area contributed by atoms with E-state index in [4.69, 9.17) is 4.74 Å². The van der Waals surface area contributed by atoms with Gasteiger partial charge in [-0.1, -0.05) is 38.5 Å². The number of hydrogen-bond acceptors (Lipinski definition) is 2. The zero-order chi connectivity index (χ0) is 13.9. The topological polar surface area (TPSA) is 29.5 Å². The fourth-order valence-electron chi connectivity index (χ4n) is 2.03. The summed E-state index contributed by atoms with van der Waals surface area (Å²) in [6, 6.07) is 0. The SMILES string of the molecule is CCCCCCCC#CC(C)S(=O)N1CCOCC1. The Bertz CT molecular complexity index is 316. The van der Waals surface area contributed by atoms with Gasteiger partial charge in [-0.2, -0.15) is 0 Å². The summed E-state index contributed by atoms with van der Waals surface area (Å²) >= 11 is 0. The summed E-state index contributed by atoms with van der Waals surface area (Å²) in [5, 5.41) is -0.0614. The molecule has 19 heavy (non-hydrogen) atoms. The molecule has 0 saturated carbocycles. The third kappa shape index (κ3) is 7.10. The van der Waals surface area contributed by atoms with Crippen LogP contribution in [-0.4, -0.2) is 40.1 Å². The van der Waals surface area contributed by atoms with Crippen molar-refractivity contribution in [1.82, 2.24) is 4.31 Å². The van der Waals surface area contributed by atoms with E-state index < -0.39 is 11.0 Å². The molecule has 0 amide bonds. The molecular formula is C15H27NO2S. The normalized spacial score (nSPS) is 19.5. The van der Waals surface area contributed by atoms with E-state index in [9.17, 15) is 4.21 Å². The third-order valence-electron chi connectivity index (χ3n) is 3.24. The van der Waals surface area contributed by atoms with Crippen LogP contribution < -0.4 is 0 Å². The molecule has 3 nitrogen and oxygen atoms in total. The molecule has 1 saturated heterocycles. The molecule has 0 aromatic heterocycles. The van der Waals surface area contributed by atoms with Crippen molar-refractivity contribution in [3.8, 4) is 11.8 Å². The maximum absolute atomic E-state index is 12.2. The van der Waals surface area contributed by atoms with Gasteiger partial charge in [0.25, 0.3) is 0 Å². The molecule has 2 unspecified atom stereocenters. The van der Waals surface area contributed by atoms with Crippen LogP contribution in [0.2, 0.25) is 0 Å². The van der Waals surface area contributed by atoms with Crippen LogP contribution in [0.1, 0.15) is 52.4 Å². The highest BCUT2D eigenvalue weighted by molar-refractivity contribution is 7.83. The minimum atomic E-state index is -0.982. The van der Waals surface area contributed by atoms with Crippen molar-refractivity contribution in [1.29, 1.82) is 0 Å². The van der Waals surface area contributed by atoms with Crippen LogP contribution in [0.4, 0.5) is 0 Å². The summed E-state index contributed by atoms with van der Waals surface area (Å²) in [6.45, 7) is 7.07. The van der Waals surface area contributed by atoms with Crippen LogP contribution in [-0.2, 0) is 15.7 Å². The minimum Gasteiger partial charge on any atom is -0.379 e. The first-order valence-electron chi connectivity index (χ1n) is 7.47. The van der Waals surface area contributed by atoms with E-state index in [0.29, 0.717) is 13.2 Å². The van der Waals surface area contributed by atoms with Crippen molar-refractivity contribution < 1.29 is 8.95 Å². The molecule has 2 atom stereocenters. The molecule has 0 aromatic rings. The first kappa shape index (κ1) is 16.7. The maximum atomic E-state index is 12.2. The molecule has 1 fully saturated rings. The first-order chi connectivity index (χ1) is 9.25. The van der Waals surface area contributed by atoms with E-state index in [1.165, 1.54) is 32.1 Å². The van der Waals surface area contributed by atoms with Gasteiger partial charge in [0.2, 0.25) is 0 Å². The number of rotatable bonds is 7. The van der Waals surface area contributed by atoms with E-state index in [2.05, 4.69) is 18.8 Å². The van der Waals surface area contributed by atoms with Gasteiger partial charge in [-0.05, 0) is 13.3 Å². The van der Waals surface area contributed by atoms with Crippen molar-refractivity contribution in [3.05, 3.63) is 0 Å². The second-order valence-electron chi connectivity index (χ2n) is 4.95. The van der Waals surface area contributed by atoms with Crippen LogP contribution in [0.25, 0.3) is 0 Å². The Balaban J connectivity index is 2.18. The van der Waals surface area contributed by atoms with Crippen molar-refractivity contribution >= 4 is 11.0 Å². The van der Waals surface area contributed by atoms with Crippen LogP contribution >= 0.6 is 0 Å². The van der Waals surface area contributed by atoms with Crippen LogP contribution in [0.3, 0.4) is 0 Å². The predicted octanol–water partition coefficient (Wildman–Crippen LogP) is 2.73. The molecule has 0 radical (unpaired) electrons. The largest absolute Gasteiger partial charge is 0.379 e. The van der Waals surface area contributed by atoms with E-state index in [-0.39, 0.29) is 5.25 Å². The molecule has 1 aliphatic rings. The van der Waals surface area contributed by atoms with Gasteiger partial charge in [0, 0.05) is 19.5 Å². The smallest absolute Gasteiger partial charge is 0.110 e. The van der Waals surface area contributed by atoms with Gasteiger partial charge in [-0.25, -0.2) is 8.51 Å². The van der Waals surface area contributed by atoms with Crippen LogP contribution in [0.15, 0.2) is 0 Å². The molecule has 1 aliphatic heterocycles. The summed E-state index contributed by atoms with van der Waals surface area (Å²) in [4.78, 5) is 0. The number of morpholine rings is 1. The van der Waals surface area contributed by atoms with Gasteiger partial charge in [0.1, 0.15) is 16.2 Å². The minimum absolute atomic E-state index is 0.0614. The molecule has 0 spiro atoms. The second kappa shape index (κ2) is 10.4. The monoisotopic (exact) mass is 285 g/mol. The van der Waals surface area contributed by atoms with E-state index in [1.807, 2.05) is 11.2 Å². The Morgan fingerprint density at radius 1 is 1.21 bits per heavy atom. The van der Waals surface area contributed by atoms with E-state index >= 15 is 0 Å². The first-order valence-corrected chi connectivity index (χ1v) is 8.64. The number of unbranched alkanes of at least 4 members (excludes halogenated alkanes) is 5. The Kier molecular flexibility index (Phi) is 9.15. The fourth-order valence-corrected chi connectivity index (χ4v) is 3.17. The maximum Gasteiger partial charge on any atom is 0.110 e. The quantitative estimate of drug-likeness (QED) is 0.532. The van der Waals surface area contributed by atoms with Crippen LogP contribution in [0.5, 0.6) is 0 Å². The van der Waals surface area contributed by atoms with E-state index in [0.717, 1.165) is 19.5 Å². The van der Waals surface area contributed by atoms with Crippen LogP contribution in [0, 0.1) is 11.8 Å². The summed E-state index contributed by atoms with van der Waals surface area (Å²) in [6.07, 6.45) is 7.29. The Labute approximate surface area is 120 Å². The highest BCUT2D eigenvalue weighted by Gasteiger charge is 2.20. The highest BCUT2D eigenvalue weighted by Crippen LogP contribution is 2.07. The summed E-state index contributed by atoms with van der Waals surface area (Å²) < 4.78 is 19.4. The van der Waals surface area contributed by atoms with Crippen molar-refractivity contribution in [3.63, 3.8) is 0 Å². The Morgan fingerprint density at radius 3 is 2.58 bits per heavy atom. The van der Waals surface area contributed by atoms with Gasteiger partial charge >= 0.3 is 0 Å². The van der Waals surface area contributed by atoms with Gasteiger partial charge < -0.3 is 4.74 Å². The molecule has 0 N–H and O–H groups in total. The second-order valence-corrected chi connectivity index (χ2v) is 6.72. The van der Waals surface area contributed by atoms with Gasteiger partial charge in [0.05, 0.1) is 13.2 Å². The predicted molar refractivity (Wildman–Crippen MR) is 81.1 cm³/mol. The Morgan fingerprint density at radius 2 is 1.89 bits per heavy atom. The van der Waals surface area contributed by atoms with Crippen molar-refractivity contribution in [2.75, 3.05) is 26.3 Å². The van der Waals surface area contributed by atoms with Crippen molar-refractivity contribution in [2.24, 2.45) is 0 Å². The summed E-state index contributed by atoms with van der Waals surface area (Å²) in [7, 11) is -0.982. The fraction of sp³-hybridized carbons (Fsp3) is 0.867. The molecular weight excluding hydrogens is 258 g/mol. The lowest BCUT2D eigenvalue weighted by atomic mass is 10.1. The molecule has 1 rings (SSSR count). The van der Waals surface area contributed by atoms with Gasteiger partial charge in [-0.15, -0.1) is 5.92 Å². The Hall–Kier alpha value is -0.370. The molecule has 0 aromatic carbocycles. The molecule has 4 heteroatoms. The zero-order valence-electron chi connectivity index (χ0n) is 12.3. The lowest BCUT2D eigenvalue weighted by Gasteiger charge is -2.26. The number of nitrogens with zero attached hydrogens (tertiary/aromatic N) is 1. The van der Waals surface area contributed by atoms with Gasteiger partial charge in [-0.3, -0.25) is 0 Å². The third-order valence-corrected chi connectivity index (χ3v) is 4.83. The highest BCUT2D eigenvalue weighted by atomic mass is 32.2. The lowest BCUT2D eigenvalue weighted by Crippen LogP contribution is -2.40. The van der Waals surface area contributed by atoms with Gasteiger partial charge in [0.15, 0.2) is 0 Å². The number of ether oxygens (including phenoxy) is 1. The molecule has 0 bridgehead atoms. The zero-order valence-corrected chi connectivity index (χ0v) is 13.1. The standard InChI is InChI=1S/C15H27NO2S/c1-3-4-5-6-7-8-9-10-15(2)19(17)16-11-13-18-14-12-16/h15H,3-8,11-14H2,1-2H3. The van der Waals surface area contributed by atoms with Crippen molar-refractivity contribution in [2.45, 2.75) is 57.6 Å². The molecule has 1 heterocycles. The lowest BCUT2D eigenvalue weighted by molar-refractivity contribution is 0.0751. The molecule has 110 valence electrons. The average Bonchev–Trinajstić information content (AvgIpc) is 2.46. The average molecular weight is 285 g/mol.